The van der Waals surface area contributed by atoms with Crippen molar-refractivity contribution in [3.63, 3.8) is 0 Å². The van der Waals surface area contributed by atoms with Crippen molar-refractivity contribution in [1.82, 2.24) is 10.3 Å². The van der Waals surface area contributed by atoms with Crippen LogP contribution >= 0.6 is 0 Å². The highest BCUT2D eigenvalue weighted by atomic mass is 19.1. The van der Waals surface area contributed by atoms with E-state index in [1.165, 1.54) is 6.20 Å². The molecule has 2 N–H and O–H groups in total. The minimum absolute atomic E-state index is 0.00287. The zero-order valence-corrected chi connectivity index (χ0v) is 9.48. The zero-order valence-electron chi connectivity index (χ0n) is 9.48. The third-order valence-electron chi connectivity index (χ3n) is 2.19. The van der Waals surface area contributed by atoms with Crippen LogP contribution in [0.5, 0.6) is 0 Å². The minimum Gasteiger partial charge on any atom is -0.480 e. The lowest BCUT2D eigenvalue weighted by molar-refractivity contribution is -0.140. The maximum atomic E-state index is 12.8. The number of carbonyl (C=O) groups excluding carboxylic acids is 1. The molecule has 0 bridgehead atoms. The molecule has 1 amide bonds. The summed E-state index contributed by atoms with van der Waals surface area (Å²) in [6.07, 6.45) is 2.14. The second kappa shape index (κ2) is 5.38. The van der Waals surface area contributed by atoms with Gasteiger partial charge in [-0.1, -0.05) is 13.8 Å². The van der Waals surface area contributed by atoms with Gasteiger partial charge in [-0.3, -0.25) is 9.78 Å². The summed E-state index contributed by atoms with van der Waals surface area (Å²) in [6.45, 7) is 3.34. The van der Waals surface area contributed by atoms with Gasteiger partial charge in [0.05, 0.1) is 11.8 Å². The van der Waals surface area contributed by atoms with E-state index in [1.54, 1.807) is 13.8 Å². The van der Waals surface area contributed by atoms with Gasteiger partial charge in [0.15, 0.2) is 0 Å². The highest BCUT2D eigenvalue weighted by molar-refractivity contribution is 5.96. The monoisotopic (exact) mass is 240 g/mol. The standard InChI is InChI=1S/C11H13FN2O3/c1-6(2)9(11(16)17)14-10(15)7-3-8(12)5-13-4-7/h3-6,9H,1-2H3,(H,14,15)(H,16,17). The van der Waals surface area contributed by atoms with Gasteiger partial charge in [0, 0.05) is 6.20 Å². The molecule has 1 rings (SSSR count). The molecule has 0 aromatic carbocycles. The number of hydrogen-bond acceptors (Lipinski definition) is 3. The Labute approximate surface area is 97.7 Å². The topological polar surface area (TPSA) is 79.3 Å². The number of nitrogens with zero attached hydrogens (tertiary/aromatic N) is 1. The molecule has 1 aromatic heterocycles. The molecule has 0 aliphatic heterocycles. The first kappa shape index (κ1) is 13.1. The number of carbonyl (C=O) groups is 2. The van der Waals surface area contributed by atoms with Gasteiger partial charge >= 0.3 is 5.97 Å². The summed E-state index contributed by atoms with van der Waals surface area (Å²) in [5.41, 5.74) is -0.00287. The van der Waals surface area contributed by atoms with Gasteiger partial charge < -0.3 is 10.4 Å². The van der Waals surface area contributed by atoms with E-state index in [0.29, 0.717) is 0 Å². The normalized spacial score (nSPS) is 12.2. The summed E-state index contributed by atoms with van der Waals surface area (Å²) in [7, 11) is 0. The molecule has 0 fully saturated rings. The van der Waals surface area contributed by atoms with Crippen LogP contribution in [-0.4, -0.2) is 28.0 Å². The highest BCUT2D eigenvalue weighted by Gasteiger charge is 2.24. The predicted molar refractivity (Wildman–Crippen MR) is 57.9 cm³/mol. The number of aromatic nitrogens is 1. The predicted octanol–water partition coefficient (Wildman–Crippen LogP) is 1.06. The molecular formula is C11H13FN2O3. The zero-order chi connectivity index (χ0) is 13.0. The summed E-state index contributed by atoms with van der Waals surface area (Å²) in [5, 5.41) is 11.2. The largest absolute Gasteiger partial charge is 0.480 e. The first-order valence-corrected chi connectivity index (χ1v) is 5.06. The van der Waals surface area contributed by atoms with Crippen LogP contribution in [0.25, 0.3) is 0 Å². The molecule has 0 saturated heterocycles. The van der Waals surface area contributed by atoms with Crippen molar-refractivity contribution < 1.29 is 19.1 Å². The average Bonchev–Trinajstić information content (AvgIpc) is 2.24. The lowest BCUT2D eigenvalue weighted by Crippen LogP contribution is -2.44. The Hall–Kier alpha value is -1.98. The molecule has 5 nitrogen and oxygen atoms in total. The third-order valence-corrected chi connectivity index (χ3v) is 2.19. The van der Waals surface area contributed by atoms with Gasteiger partial charge in [-0.2, -0.15) is 0 Å². The van der Waals surface area contributed by atoms with Crippen LogP contribution in [0.4, 0.5) is 4.39 Å². The number of hydrogen-bond donors (Lipinski definition) is 2. The molecule has 0 saturated carbocycles. The molecule has 1 unspecified atom stereocenters. The molecule has 17 heavy (non-hydrogen) atoms. The SMILES string of the molecule is CC(C)C(NC(=O)c1cncc(F)c1)C(=O)O. The lowest BCUT2D eigenvalue weighted by Gasteiger charge is -2.17. The van der Waals surface area contributed by atoms with Crippen molar-refractivity contribution in [1.29, 1.82) is 0 Å². The van der Waals surface area contributed by atoms with Crippen LogP contribution in [-0.2, 0) is 4.79 Å². The summed E-state index contributed by atoms with van der Waals surface area (Å²) >= 11 is 0. The molecule has 6 heteroatoms. The van der Waals surface area contributed by atoms with Crippen LogP contribution in [0.2, 0.25) is 0 Å². The van der Waals surface area contributed by atoms with Crippen molar-refractivity contribution >= 4 is 11.9 Å². The fraction of sp³-hybridized carbons (Fsp3) is 0.364. The van der Waals surface area contributed by atoms with Gasteiger partial charge in [0.25, 0.3) is 5.91 Å². The van der Waals surface area contributed by atoms with Gasteiger partial charge in [0.2, 0.25) is 0 Å². The van der Waals surface area contributed by atoms with Crippen molar-refractivity contribution in [2.75, 3.05) is 0 Å². The van der Waals surface area contributed by atoms with Gasteiger partial charge in [0.1, 0.15) is 11.9 Å². The Balaban J connectivity index is 2.81. The second-order valence-electron chi connectivity index (χ2n) is 3.93. The summed E-state index contributed by atoms with van der Waals surface area (Å²) in [4.78, 5) is 26.0. The number of amides is 1. The van der Waals surface area contributed by atoms with E-state index in [-0.39, 0.29) is 11.5 Å². The number of pyridine rings is 1. The van der Waals surface area contributed by atoms with Crippen LogP contribution in [0.3, 0.4) is 0 Å². The number of halogens is 1. The van der Waals surface area contributed by atoms with E-state index in [4.69, 9.17) is 5.11 Å². The molecule has 0 aliphatic carbocycles. The summed E-state index contributed by atoms with van der Waals surface area (Å²) in [6, 6.07) is -0.00699. The van der Waals surface area contributed by atoms with Crippen LogP contribution in [0, 0.1) is 11.7 Å². The van der Waals surface area contributed by atoms with Crippen molar-refractivity contribution in [2.24, 2.45) is 5.92 Å². The molecular weight excluding hydrogens is 227 g/mol. The van der Waals surface area contributed by atoms with Gasteiger partial charge in [-0.05, 0) is 12.0 Å². The quantitative estimate of drug-likeness (QED) is 0.824. The van der Waals surface area contributed by atoms with E-state index in [0.717, 1.165) is 12.3 Å². The number of carboxylic acids is 1. The Kier molecular flexibility index (Phi) is 4.14. The van der Waals surface area contributed by atoms with Crippen LogP contribution < -0.4 is 5.32 Å². The fourth-order valence-corrected chi connectivity index (χ4v) is 1.27. The summed E-state index contributed by atoms with van der Waals surface area (Å²) in [5.74, 6) is -2.69. The highest BCUT2D eigenvalue weighted by Crippen LogP contribution is 2.05. The molecule has 1 atom stereocenters. The molecule has 0 aliphatic rings. The van der Waals surface area contributed by atoms with E-state index in [9.17, 15) is 14.0 Å². The Bertz CT molecular complexity index is 434. The maximum absolute atomic E-state index is 12.8. The average molecular weight is 240 g/mol. The maximum Gasteiger partial charge on any atom is 0.326 e. The number of nitrogens with one attached hydrogen (secondary N) is 1. The lowest BCUT2D eigenvalue weighted by atomic mass is 10.0. The van der Waals surface area contributed by atoms with Gasteiger partial charge in [-0.15, -0.1) is 0 Å². The van der Waals surface area contributed by atoms with E-state index >= 15 is 0 Å². The van der Waals surface area contributed by atoms with Crippen molar-refractivity contribution in [3.05, 3.63) is 29.8 Å². The van der Waals surface area contributed by atoms with E-state index in [1.807, 2.05) is 0 Å². The second-order valence-corrected chi connectivity index (χ2v) is 3.93. The van der Waals surface area contributed by atoms with Crippen LogP contribution in [0.1, 0.15) is 24.2 Å². The first-order valence-electron chi connectivity index (χ1n) is 5.06. The number of aliphatic carboxylic acids is 1. The first-order chi connectivity index (χ1) is 7.91. The Morgan fingerprint density at radius 1 is 1.41 bits per heavy atom. The smallest absolute Gasteiger partial charge is 0.326 e. The van der Waals surface area contributed by atoms with E-state index < -0.39 is 23.7 Å². The summed E-state index contributed by atoms with van der Waals surface area (Å²) < 4.78 is 12.8. The van der Waals surface area contributed by atoms with E-state index in [2.05, 4.69) is 10.3 Å². The molecule has 0 spiro atoms. The Morgan fingerprint density at radius 3 is 2.53 bits per heavy atom. The molecule has 0 radical (unpaired) electrons. The Morgan fingerprint density at radius 2 is 2.06 bits per heavy atom. The minimum atomic E-state index is -1.13. The number of rotatable bonds is 4. The van der Waals surface area contributed by atoms with Gasteiger partial charge in [-0.25, -0.2) is 9.18 Å². The van der Waals surface area contributed by atoms with Crippen LogP contribution in [0.15, 0.2) is 18.5 Å². The molecule has 92 valence electrons. The fourth-order valence-electron chi connectivity index (χ4n) is 1.27. The molecule has 1 aromatic rings. The van der Waals surface area contributed by atoms with Crippen molar-refractivity contribution in [3.8, 4) is 0 Å². The number of carboxylic acid groups (broad SMARTS) is 1. The van der Waals surface area contributed by atoms with Crippen molar-refractivity contribution in [2.45, 2.75) is 19.9 Å². The molecule has 1 heterocycles. The third kappa shape index (κ3) is 3.51.